The smallest absolute Gasteiger partial charge is 0.220 e. The lowest BCUT2D eigenvalue weighted by molar-refractivity contribution is -0.122. The molecule has 3 aromatic rings. The van der Waals surface area contributed by atoms with Gasteiger partial charge in [0.2, 0.25) is 5.91 Å². The number of hydrogen-bond donors (Lipinski definition) is 2. The SMILES string of the molecule is Cc1cc(Cc2nc(NC3CCC(C(N)=O)CC3)c3sccc3n2)sn1. The van der Waals surface area contributed by atoms with Crippen molar-refractivity contribution in [3.8, 4) is 0 Å². The average molecular weight is 388 g/mol. The van der Waals surface area contributed by atoms with E-state index in [1.165, 1.54) is 16.4 Å². The summed E-state index contributed by atoms with van der Waals surface area (Å²) in [5.41, 5.74) is 7.45. The Kier molecular flexibility index (Phi) is 4.86. The Morgan fingerprint density at radius 3 is 2.81 bits per heavy atom. The first kappa shape index (κ1) is 17.4. The number of nitrogens with two attached hydrogens (primary N) is 1. The van der Waals surface area contributed by atoms with Crippen molar-refractivity contribution in [3.63, 3.8) is 0 Å². The van der Waals surface area contributed by atoms with Crippen molar-refractivity contribution in [2.24, 2.45) is 11.7 Å². The van der Waals surface area contributed by atoms with Crippen LogP contribution in [0, 0.1) is 12.8 Å². The highest BCUT2D eigenvalue weighted by atomic mass is 32.1. The van der Waals surface area contributed by atoms with Gasteiger partial charge in [0.1, 0.15) is 11.6 Å². The van der Waals surface area contributed by atoms with E-state index in [1.54, 1.807) is 11.3 Å². The molecule has 0 aliphatic heterocycles. The molecule has 0 aromatic carbocycles. The third-order valence-electron chi connectivity index (χ3n) is 4.83. The molecule has 0 bridgehead atoms. The van der Waals surface area contributed by atoms with Crippen LogP contribution in [0.4, 0.5) is 5.82 Å². The molecule has 1 fully saturated rings. The Balaban J connectivity index is 1.54. The first-order valence-electron chi connectivity index (χ1n) is 8.80. The summed E-state index contributed by atoms with van der Waals surface area (Å²) in [5, 5.41) is 5.65. The first-order chi connectivity index (χ1) is 12.6. The number of carbonyl (C=O) groups excluding carboxylic acids is 1. The van der Waals surface area contributed by atoms with E-state index < -0.39 is 0 Å². The van der Waals surface area contributed by atoms with Crippen LogP contribution in [-0.2, 0) is 11.2 Å². The summed E-state index contributed by atoms with van der Waals surface area (Å²) in [7, 11) is 0. The van der Waals surface area contributed by atoms with Crippen LogP contribution in [0.2, 0.25) is 0 Å². The van der Waals surface area contributed by atoms with Crippen molar-refractivity contribution in [1.82, 2.24) is 14.3 Å². The lowest BCUT2D eigenvalue weighted by Gasteiger charge is -2.27. The molecule has 0 saturated heterocycles. The quantitative estimate of drug-likeness (QED) is 0.699. The molecule has 0 radical (unpaired) electrons. The number of anilines is 1. The Morgan fingerprint density at radius 1 is 1.31 bits per heavy atom. The number of fused-ring (bicyclic) bond motifs is 1. The third-order valence-corrected chi connectivity index (χ3v) is 6.62. The lowest BCUT2D eigenvalue weighted by Crippen LogP contribution is -2.32. The molecule has 3 heterocycles. The van der Waals surface area contributed by atoms with Crippen LogP contribution in [0.3, 0.4) is 0 Å². The van der Waals surface area contributed by atoms with E-state index in [2.05, 4.69) is 21.1 Å². The maximum Gasteiger partial charge on any atom is 0.220 e. The van der Waals surface area contributed by atoms with Gasteiger partial charge in [0.25, 0.3) is 0 Å². The molecule has 3 N–H and O–H groups in total. The predicted octanol–water partition coefficient (Wildman–Crippen LogP) is 3.50. The Morgan fingerprint density at radius 2 is 2.12 bits per heavy atom. The van der Waals surface area contributed by atoms with Crippen LogP contribution >= 0.6 is 22.9 Å². The van der Waals surface area contributed by atoms with Gasteiger partial charge in [-0.1, -0.05) is 0 Å². The van der Waals surface area contributed by atoms with Gasteiger partial charge in [-0.3, -0.25) is 4.79 Å². The topological polar surface area (TPSA) is 93.8 Å². The summed E-state index contributed by atoms with van der Waals surface area (Å²) in [6.45, 7) is 2.00. The average Bonchev–Trinajstić information content (AvgIpc) is 3.24. The van der Waals surface area contributed by atoms with Gasteiger partial charge in [-0.05, 0) is 61.7 Å². The number of primary amides is 1. The summed E-state index contributed by atoms with van der Waals surface area (Å²) in [5.74, 6) is 1.57. The first-order valence-corrected chi connectivity index (χ1v) is 10.5. The zero-order valence-corrected chi connectivity index (χ0v) is 16.2. The molecule has 1 amide bonds. The molecule has 4 rings (SSSR count). The maximum absolute atomic E-state index is 11.4. The second-order valence-corrected chi connectivity index (χ2v) is 8.64. The third kappa shape index (κ3) is 3.71. The van der Waals surface area contributed by atoms with Gasteiger partial charge in [0.15, 0.2) is 0 Å². The van der Waals surface area contributed by atoms with Gasteiger partial charge in [0.05, 0.1) is 15.9 Å². The van der Waals surface area contributed by atoms with Crippen molar-refractivity contribution in [1.29, 1.82) is 0 Å². The highest BCUT2D eigenvalue weighted by Crippen LogP contribution is 2.31. The maximum atomic E-state index is 11.4. The van der Waals surface area contributed by atoms with Crippen LogP contribution in [0.1, 0.15) is 42.1 Å². The van der Waals surface area contributed by atoms with E-state index in [9.17, 15) is 4.79 Å². The van der Waals surface area contributed by atoms with Crippen molar-refractivity contribution in [2.45, 2.75) is 45.1 Å². The highest BCUT2D eigenvalue weighted by Gasteiger charge is 2.25. The molecule has 1 aliphatic carbocycles. The van der Waals surface area contributed by atoms with Crippen molar-refractivity contribution in [3.05, 3.63) is 33.9 Å². The minimum atomic E-state index is -0.173. The van der Waals surface area contributed by atoms with Gasteiger partial charge in [0, 0.05) is 23.3 Å². The Hall–Kier alpha value is -2.06. The van der Waals surface area contributed by atoms with Crippen LogP contribution < -0.4 is 11.1 Å². The predicted molar refractivity (Wildman–Crippen MR) is 106 cm³/mol. The number of amides is 1. The Bertz CT molecular complexity index is 927. The summed E-state index contributed by atoms with van der Waals surface area (Å²) in [6, 6.07) is 4.45. The fourth-order valence-electron chi connectivity index (χ4n) is 3.46. The van der Waals surface area contributed by atoms with Gasteiger partial charge < -0.3 is 11.1 Å². The normalized spacial score (nSPS) is 20.3. The van der Waals surface area contributed by atoms with Crippen LogP contribution in [0.25, 0.3) is 10.2 Å². The molecule has 0 atom stereocenters. The van der Waals surface area contributed by atoms with Crippen molar-refractivity contribution in [2.75, 3.05) is 5.32 Å². The van der Waals surface area contributed by atoms with Crippen LogP contribution in [0.5, 0.6) is 0 Å². The van der Waals surface area contributed by atoms with E-state index in [0.717, 1.165) is 53.2 Å². The molecular weight excluding hydrogens is 366 g/mol. The number of nitrogens with one attached hydrogen (secondary N) is 1. The zero-order valence-electron chi connectivity index (χ0n) is 14.6. The second-order valence-electron chi connectivity index (χ2n) is 6.83. The number of thiophene rings is 1. The molecule has 3 aromatic heterocycles. The van der Waals surface area contributed by atoms with E-state index in [-0.39, 0.29) is 11.8 Å². The van der Waals surface area contributed by atoms with Crippen molar-refractivity contribution >= 4 is 44.8 Å². The number of hydrogen-bond acceptors (Lipinski definition) is 7. The standard InChI is InChI=1S/C18H21N5OS2/c1-10-8-13(26-23-10)9-15-21-14-6-7-25-16(14)18(22-15)20-12-4-2-11(3-5-12)17(19)24/h6-8,11-12H,2-5,9H2,1H3,(H2,19,24)(H,20,21,22). The zero-order chi connectivity index (χ0) is 18.1. The molecule has 8 heteroatoms. The van der Waals surface area contributed by atoms with Crippen molar-refractivity contribution < 1.29 is 4.79 Å². The fourth-order valence-corrected chi connectivity index (χ4v) is 4.97. The van der Waals surface area contributed by atoms with Gasteiger partial charge in [-0.2, -0.15) is 4.37 Å². The number of carbonyl (C=O) groups is 1. The highest BCUT2D eigenvalue weighted by molar-refractivity contribution is 7.17. The van der Waals surface area contributed by atoms with E-state index in [0.29, 0.717) is 12.5 Å². The number of nitrogens with zero attached hydrogens (tertiary/aromatic N) is 3. The van der Waals surface area contributed by atoms with E-state index in [4.69, 9.17) is 15.7 Å². The summed E-state index contributed by atoms with van der Waals surface area (Å²) in [4.78, 5) is 22.0. The molecular formula is C18H21N5OS2. The lowest BCUT2D eigenvalue weighted by atomic mass is 9.85. The fraction of sp³-hybridized carbons (Fsp3) is 0.444. The number of rotatable bonds is 5. The number of aryl methyl sites for hydroxylation is 1. The van der Waals surface area contributed by atoms with Gasteiger partial charge in [-0.25, -0.2) is 9.97 Å². The molecule has 1 aliphatic rings. The summed E-state index contributed by atoms with van der Waals surface area (Å²) < 4.78 is 5.43. The van der Waals surface area contributed by atoms with Crippen LogP contribution in [-0.4, -0.2) is 26.3 Å². The molecule has 0 unspecified atom stereocenters. The molecule has 26 heavy (non-hydrogen) atoms. The van der Waals surface area contributed by atoms with Gasteiger partial charge in [-0.15, -0.1) is 11.3 Å². The molecule has 0 spiro atoms. The van der Waals surface area contributed by atoms with Gasteiger partial charge >= 0.3 is 0 Å². The van der Waals surface area contributed by atoms with E-state index in [1.807, 2.05) is 13.0 Å². The molecule has 136 valence electrons. The van der Waals surface area contributed by atoms with Crippen LogP contribution in [0.15, 0.2) is 17.5 Å². The molecule has 6 nitrogen and oxygen atoms in total. The minimum Gasteiger partial charge on any atom is -0.369 e. The van der Waals surface area contributed by atoms with E-state index >= 15 is 0 Å². The number of aromatic nitrogens is 3. The second kappa shape index (κ2) is 7.28. The summed E-state index contributed by atoms with van der Waals surface area (Å²) in [6.07, 6.45) is 4.26. The Labute approximate surface area is 160 Å². The summed E-state index contributed by atoms with van der Waals surface area (Å²) >= 11 is 3.16. The largest absolute Gasteiger partial charge is 0.369 e. The minimum absolute atomic E-state index is 0.0188. The molecule has 1 saturated carbocycles. The monoisotopic (exact) mass is 387 g/mol.